The van der Waals surface area contributed by atoms with Gasteiger partial charge < -0.3 is 5.11 Å². The van der Waals surface area contributed by atoms with Crippen molar-refractivity contribution in [3.63, 3.8) is 0 Å². The minimum Gasteiger partial charge on any atom is -0.388 e. The smallest absolute Gasteiger partial charge is 0.0825 e. The molecule has 0 bridgehead atoms. The van der Waals surface area contributed by atoms with E-state index in [1.54, 1.807) is 24.3 Å². The van der Waals surface area contributed by atoms with Gasteiger partial charge in [-0.3, -0.25) is 0 Å². The molecule has 0 radical (unpaired) electrons. The van der Waals surface area contributed by atoms with Crippen LogP contribution in [0, 0.1) is 0 Å². The monoisotopic (exact) mass is 216 g/mol. The minimum absolute atomic E-state index is 0.497. The SMILES string of the molecule is C=CC[C@@H](O)c1cc(Cl)cc(Cl)c1. The summed E-state index contributed by atoms with van der Waals surface area (Å²) in [5, 5.41) is 10.6. The summed E-state index contributed by atoms with van der Waals surface area (Å²) in [6, 6.07) is 5.02. The van der Waals surface area contributed by atoms with Gasteiger partial charge in [-0.15, -0.1) is 6.58 Å². The molecular formula is C10H10Cl2O. The fraction of sp³-hybridized carbons (Fsp3) is 0.200. The molecule has 0 aromatic heterocycles. The van der Waals surface area contributed by atoms with Crippen molar-refractivity contribution in [2.24, 2.45) is 0 Å². The predicted octanol–water partition coefficient (Wildman–Crippen LogP) is 3.60. The maximum Gasteiger partial charge on any atom is 0.0825 e. The fourth-order valence-electron chi connectivity index (χ4n) is 1.06. The first-order chi connectivity index (χ1) is 6.13. The third-order valence-corrected chi connectivity index (χ3v) is 2.10. The van der Waals surface area contributed by atoms with Crippen LogP contribution < -0.4 is 0 Å². The second-order valence-electron chi connectivity index (χ2n) is 2.74. The molecule has 0 saturated carbocycles. The molecule has 0 aliphatic heterocycles. The number of hydrogen-bond donors (Lipinski definition) is 1. The molecule has 3 heteroatoms. The Morgan fingerprint density at radius 1 is 1.31 bits per heavy atom. The lowest BCUT2D eigenvalue weighted by atomic mass is 10.1. The summed E-state index contributed by atoms with van der Waals surface area (Å²) in [5.41, 5.74) is 0.720. The highest BCUT2D eigenvalue weighted by Crippen LogP contribution is 2.25. The number of hydrogen-bond acceptors (Lipinski definition) is 1. The molecule has 70 valence electrons. The van der Waals surface area contributed by atoms with E-state index < -0.39 is 6.10 Å². The normalized spacial score (nSPS) is 12.5. The Kier molecular flexibility index (Phi) is 3.79. The number of halogens is 2. The van der Waals surface area contributed by atoms with Gasteiger partial charge in [0.05, 0.1) is 6.10 Å². The molecule has 0 amide bonds. The van der Waals surface area contributed by atoms with Gasteiger partial charge in [-0.05, 0) is 30.2 Å². The summed E-state index contributed by atoms with van der Waals surface area (Å²) in [7, 11) is 0. The molecule has 1 nitrogen and oxygen atoms in total. The average molecular weight is 217 g/mol. The summed E-state index contributed by atoms with van der Waals surface area (Å²) in [4.78, 5) is 0. The zero-order valence-corrected chi connectivity index (χ0v) is 8.52. The summed E-state index contributed by atoms with van der Waals surface area (Å²) in [6.45, 7) is 3.55. The van der Waals surface area contributed by atoms with Crippen LogP contribution in [0.25, 0.3) is 0 Å². The van der Waals surface area contributed by atoms with E-state index in [0.717, 1.165) is 5.56 Å². The molecule has 0 unspecified atom stereocenters. The molecule has 1 aromatic rings. The lowest BCUT2D eigenvalue weighted by Crippen LogP contribution is -1.95. The fourth-order valence-corrected chi connectivity index (χ4v) is 1.60. The van der Waals surface area contributed by atoms with Crippen LogP contribution in [-0.4, -0.2) is 5.11 Å². The highest BCUT2D eigenvalue weighted by atomic mass is 35.5. The van der Waals surface area contributed by atoms with Crippen molar-refractivity contribution in [1.29, 1.82) is 0 Å². The van der Waals surface area contributed by atoms with Crippen molar-refractivity contribution in [2.45, 2.75) is 12.5 Å². The largest absolute Gasteiger partial charge is 0.388 e. The molecule has 1 N–H and O–H groups in total. The van der Waals surface area contributed by atoms with E-state index >= 15 is 0 Å². The van der Waals surface area contributed by atoms with Crippen LogP contribution in [0.3, 0.4) is 0 Å². The van der Waals surface area contributed by atoms with Gasteiger partial charge in [0.1, 0.15) is 0 Å². The first kappa shape index (κ1) is 10.6. The Morgan fingerprint density at radius 2 is 1.85 bits per heavy atom. The quantitative estimate of drug-likeness (QED) is 0.767. The summed E-state index contributed by atoms with van der Waals surface area (Å²) >= 11 is 11.5. The topological polar surface area (TPSA) is 20.2 Å². The van der Waals surface area contributed by atoms with E-state index in [-0.39, 0.29) is 0 Å². The molecule has 0 aliphatic rings. The molecule has 0 aliphatic carbocycles. The van der Waals surface area contributed by atoms with Crippen LogP contribution in [0.4, 0.5) is 0 Å². The molecule has 0 heterocycles. The molecule has 0 spiro atoms. The molecule has 1 atom stereocenters. The van der Waals surface area contributed by atoms with Crippen molar-refractivity contribution in [1.82, 2.24) is 0 Å². The van der Waals surface area contributed by atoms with E-state index in [9.17, 15) is 5.11 Å². The standard InChI is InChI=1S/C10H10Cl2O/c1-2-3-10(13)7-4-8(11)6-9(12)5-7/h2,4-6,10,13H,1,3H2/t10-/m1/s1. The lowest BCUT2D eigenvalue weighted by Gasteiger charge is -2.08. The van der Waals surface area contributed by atoms with Crippen molar-refractivity contribution in [3.8, 4) is 0 Å². The van der Waals surface area contributed by atoms with Crippen LogP contribution in [0.15, 0.2) is 30.9 Å². The van der Waals surface area contributed by atoms with E-state index in [2.05, 4.69) is 6.58 Å². The van der Waals surface area contributed by atoms with E-state index in [0.29, 0.717) is 16.5 Å². The third-order valence-electron chi connectivity index (χ3n) is 1.66. The summed E-state index contributed by atoms with van der Waals surface area (Å²) in [5.74, 6) is 0. The lowest BCUT2D eigenvalue weighted by molar-refractivity contribution is 0.181. The van der Waals surface area contributed by atoms with E-state index in [1.165, 1.54) is 0 Å². The Labute approximate surface area is 87.6 Å². The van der Waals surface area contributed by atoms with Gasteiger partial charge in [0.2, 0.25) is 0 Å². The Balaban J connectivity index is 2.93. The molecule has 1 rings (SSSR count). The average Bonchev–Trinajstić information content (AvgIpc) is 2.03. The van der Waals surface area contributed by atoms with Gasteiger partial charge in [-0.2, -0.15) is 0 Å². The minimum atomic E-state index is -0.575. The van der Waals surface area contributed by atoms with Gasteiger partial charge in [-0.25, -0.2) is 0 Å². The molecule has 0 saturated heterocycles. The van der Waals surface area contributed by atoms with Crippen LogP contribution in [-0.2, 0) is 0 Å². The van der Waals surface area contributed by atoms with Crippen molar-refractivity contribution in [3.05, 3.63) is 46.5 Å². The Hall–Kier alpha value is -0.500. The molecule has 0 fully saturated rings. The van der Waals surface area contributed by atoms with Crippen LogP contribution >= 0.6 is 23.2 Å². The number of aliphatic hydroxyl groups excluding tert-OH is 1. The second-order valence-corrected chi connectivity index (χ2v) is 3.62. The van der Waals surface area contributed by atoms with Gasteiger partial charge in [0.15, 0.2) is 0 Å². The number of rotatable bonds is 3. The van der Waals surface area contributed by atoms with E-state index in [4.69, 9.17) is 23.2 Å². The zero-order valence-electron chi connectivity index (χ0n) is 7.00. The van der Waals surface area contributed by atoms with Crippen LogP contribution in [0.2, 0.25) is 10.0 Å². The molecule has 13 heavy (non-hydrogen) atoms. The maximum absolute atomic E-state index is 9.58. The first-order valence-corrected chi connectivity index (χ1v) is 4.64. The second kappa shape index (κ2) is 4.66. The Bertz CT molecular complexity index is 290. The number of aliphatic hydroxyl groups is 1. The van der Waals surface area contributed by atoms with Crippen LogP contribution in [0.5, 0.6) is 0 Å². The predicted molar refractivity (Wildman–Crippen MR) is 56.2 cm³/mol. The molecule has 1 aromatic carbocycles. The van der Waals surface area contributed by atoms with Crippen molar-refractivity contribution < 1.29 is 5.11 Å². The zero-order chi connectivity index (χ0) is 9.84. The third kappa shape index (κ3) is 3.03. The van der Waals surface area contributed by atoms with Crippen LogP contribution in [0.1, 0.15) is 18.1 Å². The number of benzene rings is 1. The first-order valence-electron chi connectivity index (χ1n) is 3.88. The summed E-state index contributed by atoms with van der Waals surface area (Å²) < 4.78 is 0. The van der Waals surface area contributed by atoms with Gasteiger partial charge in [-0.1, -0.05) is 29.3 Å². The van der Waals surface area contributed by atoms with Crippen molar-refractivity contribution in [2.75, 3.05) is 0 Å². The highest BCUT2D eigenvalue weighted by molar-refractivity contribution is 6.34. The maximum atomic E-state index is 9.58. The van der Waals surface area contributed by atoms with Gasteiger partial charge in [0, 0.05) is 10.0 Å². The van der Waals surface area contributed by atoms with Gasteiger partial charge >= 0.3 is 0 Å². The molecular weight excluding hydrogens is 207 g/mol. The van der Waals surface area contributed by atoms with Gasteiger partial charge in [0.25, 0.3) is 0 Å². The summed E-state index contributed by atoms with van der Waals surface area (Å²) in [6.07, 6.45) is 1.57. The Morgan fingerprint density at radius 3 is 2.31 bits per heavy atom. The highest BCUT2D eigenvalue weighted by Gasteiger charge is 2.06. The van der Waals surface area contributed by atoms with Crippen molar-refractivity contribution >= 4 is 23.2 Å². The van der Waals surface area contributed by atoms with E-state index in [1.807, 2.05) is 0 Å².